The van der Waals surface area contributed by atoms with E-state index in [0.29, 0.717) is 5.84 Å². The highest BCUT2D eigenvalue weighted by Crippen LogP contribution is 2.22. The molecule has 0 aromatic heterocycles. The first-order chi connectivity index (χ1) is 6.09. The van der Waals surface area contributed by atoms with E-state index in [1.165, 1.54) is 19.5 Å². The SMILES string of the molecule is CC1CCN(CCC(=N)N)CC1C. The number of hydrogen-bond acceptors (Lipinski definition) is 2. The molecule has 76 valence electrons. The van der Waals surface area contributed by atoms with Crippen LogP contribution in [-0.4, -0.2) is 30.4 Å². The van der Waals surface area contributed by atoms with Crippen LogP contribution in [0.1, 0.15) is 26.7 Å². The van der Waals surface area contributed by atoms with Gasteiger partial charge in [0.05, 0.1) is 5.84 Å². The molecule has 0 amide bonds. The number of rotatable bonds is 3. The van der Waals surface area contributed by atoms with Crippen molar-refractivity contribution in [1.82, 2.24) is 4.90 Å². The Hall–Kier alpha value is -0.570. The molecule has 13 heavy (non-hydrogen) atoms. The average Bonchev–Trinajstić information content (AvgIpc) is 2.07. The fourth-order valence-electron chi connectivity index (χ4n) is 1.83. The lowest BCUT2D eigenvalue weighted by molar-refractivity contribution is 0.141. The zero-order valence-electron chi connectivity index (χ0n) is 8.71. The third-order valence-electron chi connectivity index (χ3n) is 3.12. The molecule has 0 bridgehead atoms. The van der Waals surface area contributed by atoms with Crippen molar-refractivity contribution in [3.63, 3.8) is 0 Å². The van der Waals surface area contributed by atoms with Gasteiger partial charge in [0.1, 0.15) is 0 Å². The maximum absolute atomic E-state index is 7.15. The van der Waals surface area contributed by atoms with E-state index in [-0.39, 0.29) is 0 Å². The third kappa shape index (κ3) is 3.35. The zero-order chi connectivity index (χ0) is 9.84. The predicted molar refractivity (Wildman–Crippen MR) is 55.9 cm³/mol. The second kappa shape index (κ2) is 4.61. The lowest BCUT2D eigenvalue weighted by atomic mass is 9.89. The summed E-state index contributed by atoms with van der Waals surface area (Å²) < 4.78 is 0. The van der Waals surface area contributed by atoms with Gasteiger partial charge in [-0.2, -0.15) is 0 Å². The summed E-state index contributed by atoms with van der Waals surface area (Å²) in [4.78, 5) is 2.42. The first kappa shape index (κ1) is 10.5. The Labute approximate surface area is 80.8 Å². The molecule has 0 aromatic rings. The van der Waals surface area contributed by atoms with Crippen LogP contribution in [-0.2, 0) is 0 Å². The van der Waals surface area contributed by atoms with Crippen molar-refractivity contribution in [3.05, 3.63) is 0 Å². The molecule has 1 saturated heterocycles. The monoisotopic (exact) mass is 183 g/mol. The molecule has 0 spiro atoms. The van der Waals surface area contributed by atoms with E-state index >= 15 is 0 Å². The Morgan fingerprint density at radius 2 is 2.15 bits per heavy atom. The van der Waals surface area contributed by atoms with E-state index < -0.39 is 0 Å². The fraction of sp³-hybridized carbons (Fsp3) is 0.900. The minimum absolute atomic E-state index is 0.311. The fourth-order valence-corrected chi connectivity index (χ4v) is 1.83. The maximum atomic E-state index is 7.15. The smallest absolute Gasteiger partial charge is 0.0918 e. The summed E-state index contributed by atoms with van der Waals surface area (Å²) in [6.45, 7) is 7.96. The standard InChI is InChI=1S/C10H21N3/c1-8-3-5-13(7-9(8)2)6-4-10(11)12/h8-9H,3-7H2,1-2H3,(H3,11,12). The lowest BCUT2D eigenvalue weighted by Gasteiger charge is -2.35. The minimum atomic E-state index is 0.311. The van der Waals surface area contributed by atoms with Crippen LogP contribution in [0.25, 0.3) is 0 Å². The largest absolute Gasteiger partial charge is 0.388 e. The molecule has 0 aliphatic carbocycles. The first-order valence-corrected chi connectivity index (χ1v) is 5.15. The van der Waals surface area contributed by atoms with Crippen LogP contribution in [0.3, 0.4) is 0 Å². The molecule has 2 atom stereocenters. The van der Waals surface area contributed by atoms with Gasteiger partial charge in [0.25, 0.3) is 0 Å². The number of nitrogens with two attached hydrogens (primary N) is 1. The molecule has 0 saturated carbocycles. The van der Waals surface area contributed by atoms with Gasteiger partial charge in [-0.25, -0.2) is 0 Å². The van der Waals surface area contributed by atoms with E-state index in [2.05, 4.69) is 18.7 Å². The van der Waals surface area contributed by atoms with Crippen molar-refractivity contribution in [2.75, 3.05) is 19.6 Å². The van der Waals surface area contributed by atoms with Crippen LogP contribution in [0.15, 0.2) is 0 Å². The Kier molecular flexibility index (Phi) is 3.72. The van der Waals surface area contributed by atoms with Gasteiger partial charge in [-0.15, -0.1) is 0 Å². The number of nitrogens with zero attached hydrogens (tertiary/aromatic N) is 1. The highest BCUT2D eigenvalue weighted by Gasteiger charge is 2.21. The Morgan fingerprint density at radius 1 is 1.46 bits per heavy atom. The third-order valence-corrected chi connectivity index (χ3v) is 3.12. The molecular formula is C10H21N3. The average molecular weight is 183 g/mol. The summed E-state index contributed by atoms with van der Waals surface area (Å²) in [5.74, 6) is 1.96. The van der Waals surface area contributed by atoms with Crippen LogP contribution < -0.4 is 5.73 Å². The molecule has 3 heteroatoms. The summed E-state index contributed by atoms with van der Waals surface area (Å²) in [5, 5.41) is 7.15. The summed E-state index contributed by atoms with van der Waals surface area (Å²) >= 11 is 0. The van der Waals surface area contributed by atoms with Crippen LogP contribution in [0, 0.1) is 17.2 Å². The number of likely N-dealkylation sites (tertiary alicyclic amines) is 1. The Balaban J connectivity index is 2.25. The van der Waals surface area contributed by atoms with Gasteiger partial charge >= 0.3 is 0 Å². The van der Waals surface area contributed by atoms with Crippen molar-refractivity contribution in [2.24, 2.45) is 17.6 Å². The van der Waals surface area contributed by atoms with Gasteiger partial charge in [0.15, 0.2) is 0 Å². The molecule has 1 fully saturated rings. The normalized spacial score (nSPS) is 30.3. The van der Waals surface area contributed by atoms with E-state index in [9.17, 15) is 0 Å². The van der Waals surface area contributed by atoms with E-state index in [4.69, 9.17) is 11.1 Å². The van der Waals surface area contributed by atoms with Crippen molar-refractivity contribution in [3.8, 4) is 0 Å². The lowest BCUT2D eigenvalue weighted by Crippen LogP contribution is -2.39. The van der Waals surface area contributed by atoms with Gasteiger partial charge < -0.3 is 10.6 Å². The molecule has 1 heterocycles. The summed E-state index contributed by atoms with van der Waals surface area (Å²) in [5.41, 5.74) is 5.33. The summed E-state index contributed by atoms with van der Waals surface area (Å²) in [6, 6.07) is 0. The van der Waals surface area contributed by atoms with Crippen LogP contribution in [0.4, 0.5) is 0 Å². The number of hydrogen-bond donors (Lipinski definition) is 2. The van der Waals surface area contributed by atoms with E-state index in [0.717, 1.165) is 24.8 Å². The van der Waals surface area contributed by atoms with Gasteiger partial charge in [0, 0.05) is 19.5 Å². The van der Waals surface area contributed by atoms with Gasteiger partial charge in [-0.3, -0.25) is 5.41 Å². The highest BCUT2D eigenvalue weighted by molar-refractivity contribution is 5.76. The second-order valence-corrected chi connectivity index (χ2v) is 4.32. The van der Waals surface area contributed by atoms with Gasteiger partial charge in [-0.05, 0) is 24.8 Å². The minimum Gasteiger partial charge on any atom is -0.388 e. The van der Waals surface area contributed by atoms with Crippen LogP contribution >= 0.6 is 0 Å². The quantitative estimate of drug-likeness (QED) is 0.511. The van der Waals surface area contributed by atoms with E-state index in [1.807, 2.05) is 0 Å². The first-order valence-electron chi connectivity index (χ1n) is 5.15. The Bertz CT molecular complexity index is 179. The number of piperidine rings is 1. The summed E-state index contributed by atoms with van der Waals surface area (Å²) in [6.07, 6.45) is 2.01. The summed E-state index contributed by atoms with van der Waals surface area (Å²) in [7, 11) is 0. The van der Waals surface area contributed by atoms with Gasteiger partial charge in [0.2, 0.25) is 0 Å². The van der Waals surface area contributed by atoms with Crippen molar-refractivity contribution >= 4 is 5.84 Å². The molecule has 0 aromatic carbocycles. The number of amidine groups is 1. The molecule has 1 rings (SSSR count). The molecule has 1 aliphatic heterocycles. The topological polar surface area (TPSA) is 53.1 Å². The van der Waals surface area contributed by atoms with Crippen molar-refractivity contribution in [2.45, 2.75) is 26.7 Å². The molecule has 0 radical (unpaired) electrons. The van der Waals surface area contributed by atoms with E-state index in [1.54, 1.807) is 0 Å². The molecule has 3 N–H and O–H groups in total. The van der Waals surface area contributed by atoms with Crippen LogP contribution in [0.2, 0.25) is 0 Å². The second-order valence-electron chi connectivity index (χ2n) is 4.32. The van der Waals surface area contributed by atoms with Crippen molar-refractivity contribution < 1.29 is 0 Å². The molecular weight excluding hydrogens is 162 g/mol. The predicted octanol–water partition coefficient (Wildman–Crippen LogP) is 1.29. The maximum Gasteiger partial charge on any atom is 0.0918 e. The Morgan fingerprint density at radius 3 is 2.69 bits per heavy atom. The van der Waals surface area contributed by atoms with Crippen LogP contribution in [0.5, 0.6) is 0 Å². The molecule has 2 unspecified atom stereocenters. The zero-order valence-corrected chi connectivity index (χ0v) is 8.71. The molecule has 1 aliphatic rings. The van der Waals surface area contributed by atoms with Gasteiger partial charge in [-0.1, -0.05) is 13.8 Å². The number of nitrogens with one attached hydrogen (secondary N) is 1. The highest BCUT2D eigenvalue weighted by atomic mass is 15.1. The molecule has 3 nitrogen and oxygen atoms in total. The van der Waals surface area contributed by atoms with Crippen molar-refractivity contribution in [1.29, 1.82) is 5.41 Å².